The number of fused-ring (bicyclic) bond motifs is 1. The van der Waals surface area contributed by atoms with Crippen molar-refractivity contribution in [3.8, 4) is 11.4 Å². The predicted octanol–water partition coefficient (Wildman–Crippen LogP) is 4.78. The lowest BCUT2D eigenvalue weighted by molar-refractivity contribution is 0.629. The maximum absolute atomic E-state index is 13.4. The first-order chi connectivity index (χ1) is 10.1. The van der Waals surface area contributed by atoms with E-state index in [1.54, 1.807) is 31.3 Å². The molecule has 0 atom stereocenters. The lowest BCUT2D eigenvalue weighted by atomic mass is 10.1. The summed E-state index contributed by atoms with van der Waals surface area (Å²) in [7, 11) is 1.72. The number of benzene rings is 2. The van der Waals surface area contributed by atoms with Gasteiger partial charge in [-0.15, -0.1) is 0 Å². The van der Waals surface area contributed by atoms with Crippen LogP contribution in [0.3, 0.4) is 0 Å². The maximum Gasteiger partial charge on any atom is 0.163 e. The number of aromatic nitrogens is 2. The molecule has 0 bridgehead atoms. The van der Waals surface area contributed by atoms with Crippen LogP contribution in [0.5, 0.6) is 0 Å². The second-order valence-corrected chi connectivity index (χ2v) is 5.28. The smallest absolute Gasteiger partial charge is 0.163 e. The highest BCUT2D eigenvalue weighted by Crippen LogP contribution is 2.31. The van der Waals surface area contributed by atoms with Gasteiger partial charge in [-0.2, -0.15) is 0 Å². The molecular weight excluding hydrogens is 312 g/mol. The third kappa shape index (κ3) is 2.64. The minimum absolute atomic E-state index is 0.333. The largest absolute Gasteiger partial charge is 0.373 e. The molecule has 0 saturated heterocycles. The molecule has 3 rings (SSSR count). The van der Waals surface area contributed by atoms with Crippen LogP contribution in [0.4, 0.5) is 10.2 Å². The Balaban J connectivity index is 2.26. The minimum atomic E-state index is -0.333. The van der Waals surface area contributed by atoms with Crippen LogP contribution < -0.4 is 5.32 Å². The summed E-state index contributed by atoms with van der Waals surface area (Å²) in [5.41, 5.74) is 1.31. The average molecular weight is 322 g/mol. The van der Waals surface area contributed by atoms with E-state index in [1.807, 2.05) is 0 Å². The van der Waals surface area contributed by atoms with Gasteiger partial charge in [0.05, 0.1) is 10.5 Å². The van der Waals surface area contributed by atoms with Gasteiger partial charge in [0.25, 0.3) is 0 Å². The highest BCUT2D eigenvalue weighted by molar-refractivity contribution is 6.36. The molecule has 1 N–H and O–H groups in total. The Hall–Kier alpha value is -1.91. The molecule has 3 nitrogen and oxygen atoms in total. The standard InChI is InChI=1S/C15H10Cl2FN3/c1-19-14-11-7-9(18)3-5-13(11)20-15(21-14)10-4-2-8(16)6-12(10)17/h2-7H,1H3,(H,19,20,21). The maximum atomic E-state index is 13.4. The molecule has 0 aliphatic rings. The molecule has 106 valence electrons. The number of anilines is 1. The Morgan fingerprint density at radius 2 is 1.86 bits per heavy atom. The topological polar surface area (TPSA) is 37.8 Å². The quantitative estimate of drug-likeness (QED) is 0.737. The van der Waals surface area contributed by atoms with Crippen molar-refractivity contribution >= 4 is 39.9 Å². The van der Waals surface area contributed by atoms with Crippen LogP contribution in [0.1, 0.15) is 0 Å². The molecule has 0 saturated carbocycles. The highest BCUT2D eigenvalue weighted by Gasteiger charge is 2.12. The molecule has 0 fully saturated rings. The van der Waals surface area contributed by atoms with Gasteiger partial charge < -0.3 is 5.32 Å². The minimum Gasteiger partial charge on any atom is -0.373 e. The SMILES string of the molecule is CNc1nc(-c2ccc(Cl)cc2Cl)nc2ccc(F)cc12. The number of halogens is 3. The van der Waals surface area contributed by atoms with Crippen LogP contribution in [0.25, 0.3) is 22.3 Å². The molecule has 1 heterocycles. The van der Waals surface area contributed by atoms with Gasteiger partial charge in [0.2, 0.25) is 0 Å². The fourth-order valence-electron chi connectivity index (χ4n) is 2.08. The van der Waals surface area contributed by atoms with Crippen LogP contribution in [-0.2, 0) is 0 Å². The lowest BCUT2D eigenvalue weighted by Crippen LogP contribution is -1.99. The van der Waals surface area contributed by atoms with E-state index in [4.69, 9.17) is 23.2 Å². The van der Waals surface area contributed by atoms with Gasteiger partial charge in [-0.05, 0) is 36.4 Å². The molecule has 0 spiro atoms. The zero-order chi connectivity index (χ0) is 15.0. The van der Waals surface area contributed by atoms with Crippen LogP contribution in [0.2, 0.25) is 10.0 Å². The molecule has 2 aromatic carbocycles. The Morgan fingerprint density at radius 3 is 2.57 bits per heavy atom. The molecule has 1 aromatic heterocycles. The number of hydrogen-bond donors (Lipinski definition) is 1. The fourth-order valence-corrected chi connectivity index (χ4v) is 2.58. The Labute approximate surface area is 130 Å². The number of nitrogens with zero attached hydrogens (tertiary/aromatic N) is 2. The van der Waals surface area contributed by atoms with Crippen molar-refractivity contribution in [2.75, 3.05) is 12.4 Å². The third-order valence-electron chi connectivity index (χ3n) is 3.07. The van der Waals surface area contributed by atoms with E-state index in [1.165, 1.54) is 12.1 Å². The average Bonchev–Trinajstić information content (AvgIpc) is 2.46. The monoisotopic (exact) mass is 321 g/mol. The van der Waals surface area contributed by atoms with Crippen LogP contribution >= 0.6 is 23.2 Å². The first-order valence-electron chi connectivity index (χ1n) is 6.19. The first kappa shape index (κ1) is 14.0. The predicted molar refractivity (Wildman–Crippen MR) is 84.5 cm³/mol. The zero-order valence-electron chi connectivity index (χ0n) is 11.0. The van der Waals surface area contributed by atoms with Crippen molar-refractivity contribution in [3.63, 3.8) is 0 Å². The van der Waals surface area contributed by atoms with E-state index in [2.05, 4.69) is 15.3 Å². The molecule has 0 aliphatic heterocycles. The zero-order valence-corrected chi connectivity index (χ0v) is 12.5. The molecular formula is C15H10Cl2FN3. The molecule has 0 aliphatic carbocycles. The van der Waals surface area contributed by atoms with Gasteiger partial charge in [0.1, 0.15) is 11.6 Å². The van der Waals surface area contributed by atoms with Crippen LogP contribution in [-0.4, -0.2) is 17.0 Å². The molecule has 3 aromatic rings. The van der Waals surface area contributed by atoms with Gasteiger partial charge in [-0.3, -0.25) is 0 Å². The Bertz CT molecular complexity index is 837. The van der Waals surface area contributed by atoms with E-state index in [0.29, 0.717) is 38.2 Å². The summed E-state index contributed by atoms with van der Waals surface area (Å²) in [5, 5.41) is 4.57. The van der Waals surface area contributed by atoms with E-state index >= 15 is 0 Å². The Morgan fingerprint density at radius 1 is 1.05 bits per heavy atom. The van der Waals surface area contributed by atoms with E-state index < -0.39 is 0 Å². The fraction of sp³-hybridized carbons (Fsp3) is 0.0667. The first-order valence-corrected chi connectivity index (χ1v) is 6.94. The summed E-state index contributed by atoms with van der Waals surface area (Å²) < 4.78 is 13.4. The molecule has 21 heavy (non-hydrogen) atoms. The lowest BCUT2D eigenvalue weighted by Gasteiger charge is -2.09. The van der Waals surface area contributed by atoms with Crippen molar-refractivity contribution in [1.82, 2.24) is 9.97 Å². The number of hydrogen-bond acceptors (Lipinski definition) is 3. The summed E-state index contributed by atoms with van der Waals surface area (Å²) in [6.07, 6.45) is 0. The van der Waals surface area contributed by atoms with Gasteiger partial charge in [-0.1, -0.05) is 23.2 Å². The molecule has 6 heteroatoms. The second-order valence-electron chi connectivity index (χ2n) is 4.43. The summed E-state index contributed by atoms with van der Waals surface area (Å²) in [4.78, 5) is 8.85. The van der Waals surface area contributed by atoms with Crippen molar-refractivity contribution in [3.05, 3.63) is 52.3 Å². The van der Waals surface area contributed by atoms with Crippen molar-refractivity contribution < 1.29 is 4.39 Å². The van der Waals surface area contributed by atoms with Gasteiger partial charge in [-0.25, -0.2) is 14.4 Å². The number of rotatable bonds is 2. The normalized spacial score (nSPS) is 10.9. The van der Waals surface area contributed by atoms with E-state index in [-0.39, 0.29) is 5.82 Å². The molecule has 0 unspecified atom stereocenters. The van der Waals surface area contributed by atoms with Gasteiger partial charge in [0.15, 0.2) is 5.82 Å². The van der Waals surface area contributed by atoms with Crippen molar-refractivity contribution in [2.24, 2.45) is 0 Å². The van der Waals surface area contributed by atoms with Crippen molar-refractivity contribution in [1.29, 1.82) is 0 Å². The van der Waals surface area contributed by atoms with Crippen LogP contribution in [0.15, 0.2) is 36.4 Å². The molecule has 0 amide bonds. The van der Waals surface area contributed by atoms with Gasteiger partial charge >= 0.3 is 0 Å². The van der Waals surface area contributed by atoms with Crippen molar-refractivity contribution in [2.45, 2.75) is 0 Å². The third-order valence-corrected chi connectivity index (χ3v) is 3.61. The summed E-state index contributed by atoms with van der Waals surface area (Å²) in [6.45, 7) is 0. The van der Waals surface area contributed by atoms with E-state index in [0.717, 1.165) is 0 Å². The summed E-state index contributed by atoms with van der Waals surface area (Å²) >= 11 is 12.1. The summed E-state index contributed by atoms with van der Waals surface area (Å²) in [6, 6.07) is 9.49. The second kappa shape index (κ2) is 5.47. The summed E-state index contributed by atoms with van der Waals surface area (Å²) in [5.74, 6) is 0.667. The Kier molecular flexibility index (Phi) is 3.66. The number of nitrogens with one attached hydrogen (secondary N) is 1. The molecule has 0 radical (unpaired) electrons. The van der Waals surface area contributed by atoms with E-state index in [9.17, 15) is 4.39 Å². The van der Waals surface area contributed by atoms with Crippen LogP contribution in [0, 0.1) is 5.82 Å². The van der Waals surface area contributed by atoms with Gasteiger partial charge in [0, 0.05) is 23.0 Å². The highest BCUT2D eigenvalue weighted by atomic mass is 35.5.